The minimum atomic E-state index is 0. The van der Waals surface area contributed by atoms with Crippen LogP contribution < -0.4 is 24.8 Å². The summed E-state index contributed by atoms with van der Waals surface area (Å²) in [6.07, 6.45) is 4.31. The van der Waals surface area contributed by atoms with E-state index in [1.54, 1.807) is 0 Å². The number of hydrogen-bond donors (Lipinski definition) is 0. The summed E-state index contributed by atoms with van der Waals surface area (Å²) in [5, 5.41) is 0. The third-order valence-electron chi connectivity index (χ3n) is 0.493. The number of rotatable bonds is 2. The Morgan fingerprint density at radius 3 is 1.75 bits per heavy atom. The minimum absolute atomic E-state index is 0. The van der Waals surface area contributed by atoms with Crippen LogP contribution in [0.15, 0.2) is 12.7 Å². The van der Waals surface area contributed by atoms with Crippen molar-refractivity contribution in [2.24, 2.45) is 0 Å². The number of unbranched alkanes of at least 4 members (excludes halogenated alkanes) is 1. The van der Waals surface area contributed by atoms with Gasteiger partial charge >= 0.3 is 23.1 Å². The van der Waals surface area contributed by atoms with Gasteiger partial charge in [-0.05, 0) is 6.42 Å². The molecule has 3 heteroatoms. The molecular weight excluding hydrogens is 155 g/mol. The Balaban J connectivity index is -0.0000000267. The van der Waals surface area contributed by atoms with E-state index in [9.17, 15) is 0 Å². The van der Waals surface area contributed by atoms with Crippen LogP contribution in [0.25, 0.3) is 0 Å². The maximum atomic E-state index is 3.55. The van der Waals surface area contributed by atoms with Gasteiger partial charge in [-0.3, -0.25) is 0 Å². The van der Waals surface area contributed by atoms with Crippen molar-refractivity contribution in [2.45, 2.75) is 19.8 Å². The Hall–Kier alpha value is 1.09. The standard InChI is InChI=1S/C5H10.2ClH.Mg/c1-3-5-4-2;;;/h3H,1,4-5H2,2H3;2*1H;/q;;;+2/p-2. The van der Waals surface area contributed by atoms with E-state index in [2.05, 4.69) is 13.5 Å². The SMILES string of the molecule is C=CCCC.[Cl-].[Cl-].[Mg+2]. The molecule has 0 radical (unpaired) electrons. The molecule has 0 rings (SSSR count). The second kappa shape index (κ2) is 24.3. The van der Waals surface area contributed by atoms with Gasteiger partial charge in [-0.1, -0.05) is 19.4 Å². The van der Waals surface area contributed by atoms with Gasteiger partial charge < -0.3 is 24.8 Å². The van der Waals surface area contributed by atoms with Crippen molar-refractivity contribution in [3.63, 3.8) is 0 Å². The molecule has 0 spiro atoms. The zero-order chi connectivity index (χ0) is 4.12. The van der Waals surface area contributed by atoms with Crippen LogP contribution in [0, 0.1) is 0 Å². The van der Waals surface area contributed by atoms with Crippen molar-refractivity contribution in [3.05, 3.63) is 12.7 Å². The first-order chi connectivity index (χ1) is 2.41. The van der Waals surface area contributed by atoms with Crippen molar-refractivity contribution in [1.82, 2.24) is 0 Å². The number of allylic oxidation sites excluding steroid dienone is 1. The van der Waals surface area contributed by atoms with E-state index in [0.29, 0.717) is 0 Å². The van der Waals surface area contributed by atoms with Crippen LogP contribution in [0.3, 0.4) is 0 Å². The molecule has 0 aromatic carbocycles. The van der Waals surface area contributed by atoms with Crippen molar-refractivity contribution in [3.8, 4) is 0 Å². The van der Waals surface area contributed by atoms with Crippen LogP contribution in [-0.2, 0) is 0 Å². The number of halogens is 2. The largest absolute Gasteiger partial charge is 2.00 e. The molecule has 0 aliphatic rings. The van der Waals surface area contributed by atoms with Crippen LogP contribution in [0.2, 0.25) is 0 Å². The molecule has 0 aromatic heterocycles. The van der Waals surface area contributed by atoms with E-state index < -0.39 is 0 Å². The summed E-state index contributed by atoms with van der Waals surface area (Å²) >= 11 is 0. The van der Waals surface area contributed by atoms with E-state index in [0.717, 1.165) is 6.42 Å². The Bertz CT molecular complexity index is 31.6. The summed E-state index contributed by atoms with van der Waals surface area (Å²) in [5.74, 6) is 0. The Morgan fingerprint density at radius 1 is 1.38 bits per heavy atom. The fourth-order valence-electron chi connectivity index (χ4n) is 0.204. The molecule has 0 atom stereocenters. The fraction of sp³-hybridized carbons (Fsp3) is 0.600. The molecule has 0 unspecified atom stereocenters. The van der Waals surface area contributed by atoms with E-state index in [4.69, 9.17) is 0 Å². The van der Waals surface area contributed by atoms with Gasteiger partial charge in [0.15, 0.2) is 0 Å². The smallest absolute Gasteiger partial charge is 1.00 e. The fourth-order valence-corrected chi connectivity index (χ4v) is 0.204. The molecule has 0 nitrogen and oxygen atoms in total. The van der Waals surface area contributed by atoms with Gasteiger partial charge in [-0.2, -0.15) is 0 Å². The molecule has 0 aliphatic carbocycles. The zero-order valence-corrected chi connectivity index (χ0v) is 8.09. The normalized spacial score (nSPS) is 4.62. The Morgan fingerprint density at radius 2 is 1.75 bits per heavy atom. The average Bonchev–Trinajstić information content (AvgIpc) is 1.41. The summed E-state index contributed by atoms with van der Waals surface area (Å²) in [6, 6.07) is 0. The van der Waals surface area contributed by atoms with E-state index in [1.165, 1.54) is 6.42 Å². The molecule has 46 valence electrons. The molecule has 0 bridgehead atoms. The van der Waals surface area contributed by atoms with E-state index >= 15 is 0 Å². The van der Waals surface area contributed by atoms with Gasteiger partial charge in [-0.15, -0.1) is 6.58 Å². The molecule has 0 N–H and O–H groups in total. The molecule has 0 aliphatic heterocycles. The average molecular weight is 165 g/mol. The minimum Gasteiger partial charge on any atom is -1.00 e. The van der Waals surface area contributed by atoms with Gasteiger partial charge in [0.2, 0.25) is 0 Å². The molecule has 0 saturated carbocycles. The number of hydrogen-bond acceptors (Lipinski definition) is 0. The molecule has 0 fully saturated rings. The second-order valence-electron chi connectivity index (χ2n) is 1.08. The first-order valence-electron chi connectivity index (χ1n) is 2.02. The summed E-state index contributed by atoms with van der Waals surface area (Å²) in [4.78, 5) is 0. The van der Waals surface area contributed by atoms with Gasteiger partial charge in [0.1, 0.15) is 0 Å². The van der Waals surface area contributed by atoms with Crippen LogP contribution in [0.1, 0.15) is 19.8 Å². The van der Waals surface area contributed by atoms with Crippen LogP contribution in [-0.4, -0.2) is 23.1 Å². The maximum absolute atomic E-state index is 3.55. The monoisotopic (exact) mass is 164 g/mol. The van der Waals surface area contributed by atoms with Crippen molar-refractivity contribution in [1.29, 1.82) is 0 Å². The molecular formula is C5H10Cl2Mg. The van der Waals surface area contributed by atoms with Gasteiger partial charge in [0.25, 0.3) is 0 Å². The summed E-state index contributed by atoms with van der Waals surface area (Å²) in [7, 11) is 0. The quantitative estimate of drug-likeness (QED) is 0.286. The van der Waals surface area contributed by atoms with Crippen LogP contribution >= 0.6 is 0 Å². The second-order valence-corrected chi connectivity index (χ2v) is 1.08. The first kappa shape index (κ1) is 23.0. The predicted molar refractivity (Wildman–Crippen MR) is 30.9 cm³/mol. The van der Waals surface area contributed by atoms with Crippen molar-refractivity contribution < 1.29 is 24.8 Å². The zero-order valence-electron chi connectivity index (χ0n) is 5.16. The molecule has 0 amide bonds. The van der Waals surface area contributed by atoms with Gasteiger partial charge in [0.05, 0.1) is 0 Å². The molecule has 0 saturated heterocycles. The van der Waals surface area contributed by atoms with Crippen LogP contribution in [0.4, 0.5) is 0 Å². The van der Waals surface area contributed by atoms with E-state index in [1.807, 2.05) is 6.08 Å². The molecule has 0 aromatic rings. The van der Waals surface area contributed by atoms with E-state index in [-0.39, 0.29) is 47.9 Å². The van der Waals surface area contributed by atoms with Crippen molar-refractivity contribution in [2.75, 3.05) is 0 Å². The molecule has 0 heterocycles. The third kappa shape index (κ3) is 27.6. The molecule has 8 heavy (non-hydrogen) atoms. The first-order valence-corrected chi connectivity index (χ1v) is 2.02. The summed E-state index contributed by atoms with van der Waals surface area (Å²) < 4.78 is 0. The third-order valence-corrected chi connectivity index (χ3v) is 0.493. The van der Waals surface area contributed by atoms with Crippen LogP contribution in [0.5, 0.6) is 0 Å². The summed E-state index contributed by atoms with van der Waals surface area (Å²) in [6.45, 7) is 5.69. The predicted octanol–water partition coefficient (Wildman–Crippen LogP) is -4.40. The Kier molecular flexibility index (Phi) is 69.8. The van der Waals surface area contributed by atoms with Crippen molar-refractivity contribution >= 4 is 23.1 Å². The van der Waals surface area contributed by atoms with Gasteiger partial charge in [0, 0.05) is 0 Å². The van der Waals surface area contributed by atoms with Gasteiger partial charge in [-0.25, -0.2) is 0 Å². The summed E-state index contributed by atoms with van der Waals surface area (Å²) in [5.41, 5.74) is 0. The topological polar surface area (TPSA) is 0 Å². The maximum Gasteiger partial charge on any atom is 2.00 e. The Labute approximate surface area is 80.1 Å².